The molecule has 1 N–H and O–H groups in total. The topological polar surface area (TPSA) is 76.1 Å². The maximum atomic E-state index is 11.5. The van der Waals surface area contributed by atoms with Gasteiger partial charge in [-0.2, -0.15) is 4.21 Å². The molecule has 0 radical (unpaired) electrons. The van der Waals surface area contributed by atoms with Gasteiger partial charge in [0, 0.05) is 25.6 Å². The van der Waals surface area contributed by atoms with Crippen molar-refractivity contribution >= 4 is 17.1 Å². The molecule has 1 heterocycles. The third-order valence-electron chi connectivity index (χ3n) is 3.87. The van der Waals surface area contributed by atoms with Crippen LogP contribution in [0.25, 0.3) is 0 Å². The van der Waals surface area contributed by atoms with Crippen LogP contribution in [0, 0.1) is 5.92 Å². The highest BCUT2D eigenvalue weighted by molar-refractivity contribution is 7.74. The highest BCUT2D eigenvalue weighted by Crippen LogP contribution is 2.19. The predicted octanol–water partition coefficient (Wildman–Crippen LogP) is 2.02. The van der Waals surface area contributed by atoms with E-state index in [-0.39, 0.29) is 12.4 Å². The molecule has 1 aliphatic rings. The number of nitrogens with zero attached hydrogens (tertiary/aromatic N) is 1. The Labute approximate surface area is 136 Å². The average molecular weight is 335 g/mol. The molecule has 0 spiro atoms. The summed E-state index contributed by atoms with van der Waals surface area (Å²) in [7, 11) is 0. The SMILES string of the molecule is CC(C)CC(CCCCC(=O)COS(=O)O)N1CCOCC1. The van der Waals surface area contributed by atoms with E-state index in [1.165, 1.54) is 6.42 Å². The maximum absolute atomic E-state index is 11.5. The van der Waals surface area contributed by atoms with Gasteiger partial charge >= 0.3 is 11.4 Å². The first-order valence-electron chi connectivity index (χ1n) is 8.06. The molecule has 0 saturated carbocycles. The van der Waals surface area contributed by atoms with E-state index in [1.807, 2.05) is 0 Å². The van der Waals surface area contributed by atoms with Gasteiger partial charge in [-0.25, -0.2) is 0 Å². The molecular weight excluding hydrogens is 306 g/mol. The molecule has 2 unspecified atom stereocenters. The minimum Gasteiger partial charge on any atom is -0.379 e. The van der Waals surface area contributed by atoms with Crippen LogP contribution in [-0.2, 0) is 25.1 Å². The summed E-state index contributed by atoms with van der Waals surface area (Å²) < 4.78 is 28.6. The zero-order valence-corrected chi connectivity index (χ0v) is 14.5. The highest BCUT2D eigenvalue weighted by Gasteiger charge is 2.21. The molecule has 1 fully saturated rings. The quantitative estimate of drug-likeness (QED) is 0.460. The second-order valence-corrected chi connectivity index (χ2v) is 6.87. The molecule has 22 heavy (non-hydrogen) atoms. The number of carbonyl (C=O) groups is 1. The third-order valence-corrected chi connectivity index (χ3v) is 4.19. The fourth-order valence-electron chi connectivity index (χ4n) is 2.83. The Kier molecular flexibility index (Phi) is 10.1. The summed E-state index contributed by atoms with van der Waals surface area (Å²) >= 11 is -2.35. The lowest BCUT2D eigenvalue weighted by Gasteiger charge is -2.35. The van der Waals surface area contributed by atoms with Crippen molar-refractivity contribution in [3.8, 4) is 0 Å². The van der Waals surface area contributed by atoms with Crippen molar-refractivity contribution in [3.05, 3.63) is 0 Å². The number of hydrogen-bond donors (Lipinski definition) is 1. The Balaban J connectivity index is 2.24. The number of carbonyl (C=O) groups excluding carboxylic acids is 1. The molecule has 7 heteroatoms. The highest BCUT2D eigenvalue weighted by atomic mass is 32.2. The van der Waals surface area contributed by atoms with E-state index in [1.54, 1.807) is 0 Å². The molecule has 0 aliphatic carbocycles. The molecule has 0 aromatic heterocycles. The van der Waals surface area contributed by atoms with Crippen LogP contribution in [0.15, 0.2) is 0 Å². The maximum Gasteiger partial charge on any atom is 0.302 e. The molecule has 6 nitrogen and oxygen atoms in total. The lowest BCUT2D eigenvalue weighted by molar-refractivity contribution is -0.121. The average Bonchev–Trinajstić information content (AvgIpc) is 2.48. The summed E-state index contributed by atoms with van der Waals surface area (Å²) in [5.74, 6) is 0.539. The Bertz CT molecular complexity index is 345. The van der Waals surface area contributed by atoms with E-state index >= 15 is 0 Å². The summed E-state index contributed by atoms with van der Waals surface area (Å²) in [6, 6.07) is 0.556. The number of ether oxygens (including phenoxy) is 1. The van der Waals surface area contributed by atoms with Gasteiger partial charge in [-0.1, -0.05) is 20.3 Å². The van der Waals surface area contributed by atoms with E-state index in [9.17, 15) is 9.00 Å². The summed E-state index contributed by atoms with van der Waals surface area (Å²) in [6.45, 7) is 7.80. The summed E-state index contributed by atoms with van der Waals surface area (Å²) in [4.78, 5) is 14.0. The number of rotatable bonds is 11. The zero-order valence-electron chi connectivity index (χ0n) is 13.7. The van der Waals surface area contributed by atoms with Crippen molar-refractivity contribution in [2.45, 2.75) is 52.0 Å². The van der Waals surface area contributed by atoms with E-state index in [2.05, 4.69) is 22.9 Å². The van der Waals surface area contributed by atoms with Crippen LogP contribution in [0.3, 0.4) is 0 Å². The number of unbranched alkanes of at least 4 members (excludes halogenated alkanes) is 1. The molecule has 1 saturated heterocycles. The Hall–Kier alpha value is -0.340. The van der Waals surface area contributed by atoms with Crippen LogP contribution in [0.4, 0.5) is 0 Å². The molecule has 0 bridgehead atoms. The molecule has 0 aromatic carbocycles. The van der Waals surface area contributed by atoms with Gasteiger partial charge in [-0.15, -0.1) is 0 Å². The first-order chi connectivity index (χ1) is 10.5. The normalized spacial score (nSPS) is 19.3. The summed E-state index contributed by atoms with van der Waals surface area (Å²) in [5.41, 5.74) is 0. The van der Waals surface area contributed by atoms with E-state index in [4.69, 9.17) is 9.29 Å². The summed E-state index contributed by atoms with van der Waals surface area (Å²) in [6.07, 6.45) is 4.45. The lowest BCUT2D eigenvalue weighted by atomic mass is 9.96. The summed E-state index contributed by atoms with van der Waals surface area (Å²) in [5, 5.41) is 0. The number of morpholine rings is 1. The number of ketones is 1. The smallest absolute Gasteiger partial charge is 0.302 e. The minimum atomic E-state index is -2.35. The van der Waals surface area contributed by atoms with Crippen LogP contribution in [0.1, 0.15) is 46.0 Å². The second kappa shape index (κ2) is 11.2. The number of hydrogen-bond acceptors (Lipinski definition) is 5. The molecule has 0 amide bonds. The van der Waals surface area contributed by atoms with Gasteiger partial charge in [0.1, 0.15) is 6.61 Å². The van der Waals surface area contributed by atoms with Gasteiger partial charge in [-0.3, -0.25) is 18.4 Å². The molecule has 130 valence electrons. The van der Waals surface area contributed by atoms with E-state index < -0.39 is 11.4 Å². The Morgan fingerprint density at radius 3 is 2.59 bits per heavy atom. The van der Waals surface area contributed by atoms with Gasteiger partial charge in [0.05, 0.1) is 13.2 Å². The second-order valence-electron chi connectivity index (χ2n) is 6.20. The van der Waals surface area contributed by atoms with Gasteiger partial charge in [0.2, 0.25) is 0 Å². The standard InChI is InChI=1S/C15H29NO5S/c1-13(2)11-14(16-7-9-20-10-8-16)5-3-4-6-15(17)12-21-22(18)19/h13-14H,3-12H2,1-2H3,(H,18,19). The van der Waals surface area contributed by atoms with Gasteiger partial charge in [-0.05, 0) is 25.2 Å². The predicted molar refractivity (Wildman–Crippen MR) is 85.8 cm³/mol. The van der Waals surface area contributed by atoms with Crippen LogP contribution >= 0.6 is 0 Å². The van der Waals surface area contributed by atoms with E-state index in [0.717, 1.165) is 45.6 Å². The lowest BCUT2D eigenvalue weighted by Crippen LogP contribution is -2.44. The van der Waals surface area contributed by atoms with Crippen molar-refractivity contribution in [3.63, 3.8) is 0 Å². The monoisotopic (exact) mass is 335 g/mol. The van der Waals surface area contributed by atoms with Crippen LogP contribution < -0.4 is 0 Å². The van der Waals surface area contributed by atoms with E-state index in [0.29, 0.717) is 18.4 Å². The third kappa shape index (κ3) is 8.95. The van der Waals surface area contributed by atoms with Crippen molar-refractivity contribution in [1.29, 1.82) is 0 Å². The van der Waals surface area contributed by atoms with Crippen LogP contribution in [0.5, 0.6) is 0 Å². The Morgan fingerprint density at radius 2 is 2.00 bits per heavy atom. The molecule has 1 rings (SSSR count). The van der Waals surface area contributed by atoms with Crippen molar-refractivity contribution < 1.29 is 22.5 Å². The number of Topliss-reactive ketones (excluding diaryl/α,β-unsaturated/α-hetero) is 1. The van der Waals surface area contributed by atoms with Gasteiger partial charge < -0.3 is 4.74 Å². The minimum absolute atomic E-state index is 0.116. The van der Waals surface area contributed by atoms with Gasteiger partial charge in [0.25, 0.3) is 0 Å². The fraction of sp³-hybridized carbons (Fsp3) is 0.933. The molecule has 0 aromatic rings. The largest absolute Gasteiger partial charge is 0.379 e. The van der Waals surface area contributed by atoms with Crippen molar-refractivity contribution in [2.24, 2.45) is 5.92 Å². The first-order valence-corrected chi connectivity index (χ1v) is 9.10. The van der Waals surface area contributed by atoms with Crippen LogP contribution in [0.2, 0.25) is 0 Å². The molecule has 1 aliphatic heterocycles. The van der Waals surface area contributed by atoms with Crippen molar-refractivity contribution in [2.75, 3.05) is 32.9 Å². The van der Waals surface area contributed by atoms with Crippen molar-refractivity contribution in [1.82, 2.24) is 4.90 Å². The van der Waals surface area contributed by atoms with Gasteiger partial charge in [0.15, 0.2) is 5.78 Å². The first kappa shape index (κ1) is 19.7. The zero-order chi connectivity index (χ0) is 16.4. The molecular formula is C15H29NO5S. The van der Waals surface area contributed by atoms with Crippen LogP contribution in [-0.4, -0.2) is 58.4 Å². The Morgan fingerprint density at radius 1 is 1.32 bits per heavy atom. The fourth-order valence-corrected chi connectivity index (χ4v) is 3.06. The molecule has 2 atom stereocenters.